The molecule has 0 bridgehead atoms. The van der Waals surface area contributed by atoms with Gasteiger partial charge in [0.25, 0.3) is 0 Å². The van der Waals surface area contributed by atoms with Gasteiger partial charge in [-0.2, -0.15) is 0 Å². The third kappa shape index (κ3) is 1.70. The van der Waals surface area contributed by atoms with Gasteiger partial charge in [0.15, 0.2) is 0 Å². The van der Waals surface area contributed by atoms with E-state index in [2.05, 4.69) is 0 Å². The van der Waals surface area contributed by atoms with Crippen molar-refractivity contribution < 1.29 is 14.3 Å². The standard InChI is InChI=1S/C10H16O3/c1-12-8-2-3-9-7(6-8)4-5-13-10(9)11/h7-9H,2-6H2,1H3/t7-,8?,9?/m0/s1. The minimum absolute atomic E-state index is 0.0193. The van der Waals surface area contributed by atoms with E-state index in [9.17, 15) is 4.79 Å². The van der Waals surface area contributed by atoms with Crippen molar-refractivity contribution in [2.24, 2.45) is 11.8 Å². The molecule has 2 unspecified atom stereocenters. The predicted molar refractivity (Wildman–Crippen MR) is 47.2 cm³/mol. The van der Waals surface area contributed by atoms with Crippen LogP contribution in [0.2, 0.25) is 0 Å². The van der Waals surface area contributed by atoms with Crippen molar-refractivity contribution in [3.63, 3.8) is 0 Å². The highest BCUT2D eigenvalue weighted by atomic mass is 16.5. The zero-order valence-corrected chi connectivity index (χ0v) is 7.99. The van der Waals surface area contributed by atoms with E-state index in [0.29, 0.717) is 18.6 Å². The molecule has 2 rings (SSSR count). The summed E-state index contributed by atoms with van der Waals surface area (Å²) >= 11 is 0. The Hall–Kier alpha value is -0.570. The first kappa shape index (κ1) is 9.00. The van der Waals surface area contributed by atoms with E-state index >= 15 is 0 Å². The maximum Gasteiger partial charge on any atom is 0.309 e. The molecule has 0 aromatic rings. The molecule has 0 aromatic heterocycles. The van der Waals surface area contributed by atoms with Gasteiger partial charge in [-0.15, -0.1) is 0 Å². The molecular formula is C10H16O3. The van der Waals surface area contributed by atoms with Crippen LogP contribution in [0.25, 0.3) is 0 Å². The van der Waals surface area contributed by atoms with E-state index in [4.69, 9.17) is 9.47 Å². The van der Waals surface area contributed by atoms with E-state index in [0.717, 1.165) is 25.7 Å². The Bertz CT molecular complexity index is 202. The largest absolute Gasteiger partial charge is 0.465 e. The minimum Gasteiger partial charge on any atom is -0.465 e. The fourth-order valence-corrected chi connectivity index (χ4v) is 2.48. The second-order valence-corrected chi connectivity index (χ2v) is 3.99. The highest BCUT2D eigenvalue weighted by Crippen LogP contribution is 2.36. The molecule has 1 saturated carbocycles. The van der Waals surface area contributed by atoms with E-state index in [1.54, 1.807) is 7.11 Å². The predicted octanol–water partition coefficient (Wildman–Crippen LogP) is 1.36. The number of cyclic esters (lactones) is 1. The molecule has 0 spiro atoms. The van der Waals surface area contributed by atoms with E-state index in [-0.39, 0.29) is 11.9 Å². The quantitative estimate of drug-likeness (QED) is 0.577. The number of hydrogen-bond acceptors (Lipinski definition) is 3. The Morgan fingerprint density at radius 1 is 1.38 bits per heavy atom. The van der Waals surface area contributed by atoms with Crippen LogP contribution in [0.1, 0.15) is 25.7 Å². The number of fused-ring (bicyclic) bond motifs is 1. The van der Waals surface area contributed by atoms with Gasteiger partial charge in [-0.3, -0.25) is 4.79 Å². The van der Waals surface area contributed by atoms with Gasteiger partial charge in [0.1, 0.15) is 0 Å². The zero-order valence-electron chi connectivity index (χ0n) is 7.99. The molecule has 1 heterocycles. The molecule has 74 valence electrons. The van der Waals surface area contributed by atoms with Crippen LogP contribution in [-0.2, 0) is 14.3 Å². The Kier molecular flexibility index (Phi) is 2.54. The molecule has 0 N–H and O–H groups in total. The van der Waals surface area contributed by atoms with Crippen LogP contribution in [0, 0.1) is 11.8 Å². The zero-order chi connectivity index (χ0) is 9.26. The number of esters is 1. The lowest BCUT2D eigenvalue weighted by atomic mass is 9.75. The van der Waals surface area contributed by atoms with Crippen molar-refractivity contribution in [1.82, 2.24) is 0 Å². The average Bonchev–Trinajstić information content (AvgIpc) is 2.18. The maximum atomic E-state index is 11.4. The van der Waals surface area contributed by atoms with Gasteiger partial charge in [-0.05, 0) is 31.6 Å². The number of carbonyl (C=O) groups is 1. The molecule has 1 aliphatic heterocycles. The number of ether oxygens (including phenoxy) is 2. The van der Waals surface area contributed by atoms with Crippen LogP contribution in [0.4, 0.5) is 0 Å². The minimum atomic E-state index is 0.0193. The molecule has 0 aromatic carbocycles. The number of methoxy groups -OCH3 is 1. The van der Waals surface area contributed by atoms with E-state index < -0.39 is 0 Å². The van der Waals surface area contributed by atoms with Gasteiger partial charge in [-0.25, -0.2) is 0 Å². The normalized spacial score (nSPS) is 39.5. The molecule has 3 atom stereocenters. The topological polar surface area (TPSA) is 35.5 Å². The first-order chi connectivity index (χ1) is 6.31. The fraction of sp³-hybridized carbons (Fsp3) is 0.900. The van der Waals surface area contributed by atoms with Gasteiger partial charge >= 0.3 is 5.97 Å². The summed E-state index contributed by atoms with van der Waals surface area (Å²) in [6, 6.07) is 0. The third-order valence-corrected chi connectivity index (χ3v) is 3.30. The summed E-state index contributed by atoms with van der Waals surface area (Å²) in [5.74, 6) is 0.700. The van der Waals surface area contributed by atoms with Crippen LogP contribution in [0.3, 0.4) is 0 Å². The second kappa shape index (κ2) is 3.66. The van der Waals surface area contributed by atoms with Crippen LogP contribution in [0.5, 0.6) is 0 Å². The molecule has 2 fully saturated rings. The molecule has 0 radical (unpaired) electrons. The summed E-state index contributed by atoms with van der Waals surface area (Å²) in [6.45, 7) is 0.608. The second-order valence-electron chi connectivity index (χ2n) is 3.99. The molecule has 3 heteroatoms. The summed E-state index contributed by atoms with van der Waals surface area (Å²) < 4.78 is 10.4. The molecule has 3 nitrogen and oxygen atoms in total. The first-order valence-corrected chi connectivity index (χ1v) is 5.00. The lowest BCUT2D eigenvalue weighted by Gasteiger charge is -2.37. The molecule has 1 aliphatic carbocycles. The number of rotatable bonds is 1. The lowest BCUT2D eigenvalue weighted by molar-refractivity contribution is -0.160. The molecule has 13 heavy (non-hydrogen) atoms. The van der Waals surface area contributed by atoms with Crippen molar-refractivity contribution >= 4 is 5.97 Å². The van der Waals surface area contributed by atoms with Crippen molar-refractivity contribution in [1.29, 1.82) is 0 Å². The van der Waals surface area contributed by atoms with Crippen molar-refractivity contribution in [2.75, 3.05) is 13.7 Å². The van der Waals surface area contributed by atoms with Crippen LogP contribution in [-0.4, -0.2) is 25.8 Å². The Balaban J connectivity index is 1.99. The van der Waals surface area contributed by atoms with Crippen LogP contribution >= 0.6 is 0 Å². The number of hydrogen-bond donors (Lipinski definition) is 0. The Labute approximate surface area is 78.4 Å². The van der Waals surface area contributed by atoms with Crippen molar-refractivity contribution in [2.45, 2.75) is 31.8 Å². The molecular weight excluding hydrogens is 168 g/mol. The maximum absolute atomic E-state index is 11.4. The van der Waals surface area contributed by atoms with E-state index in [1.165, 1.54) is 0 Å². The Morgan fingerprint density at radius 3 is 3.00 bits per heavy atom. The van der Waals surface area contributed by atoms with Crippen LogP contribution in [0.15, 0.2) is 0 Å². The number of carbonyl (C=O) groups excluding carboxylic acids is 1. The summed E-state index contributed by atoms with van der Waals surface area (Å²) in [4.78, 5) is 11.4. The van der Waals surface area contributed by atoms with Gasteiger partial charge in [0.2, 0.25) is 0 Å². The average molecular weight is 184 g/mol. The van der Waals surface area contributed by atoms with Gasteiger partial charge < -0.3 is 9.47 Å². The highest BCUT2D eigenvalue weighted by Gasteiger charge is 2.38. The molecule has 2 aliphatic rings. The van der Waals surface area contributed by atoms with Crippen molar-refractivity contribution in [3.05, 3.63) is 0 Å². The monoisotopic (exact) mass is 184 g/mol. The van der Waals surface area contributed by atoms with Crippen molar-refractivity contribution in [3.8, 4) is 0 Å². The van der Waals surface area contributed by atoms with Gasteiger partial charge in [-0.1, -0.05) is 0 Å². The smallest absolute Gasteiger partial charge is 0.309 e. The Morgan fingerprint density at radius 2 is 2.23 bits per heavy atom. The first-order valence-electron chi connectivity index (χ1n) is 5.00. The molecule has 0 amide bonds. The highest BCUT2D eigenvalue weighted by molar-refractivity contribution is 5.73. The summed E-state index contributed by atoms with van der Waals surface area (Å²) in [5.41, 5.74) is 0. The third-order valence-electron chi connectivity index (χ3n) is 3.30. The summed E-state index contributed by atoms with van der Waals surface area (Å²) in [6.07, 6.45) is 4.38. The fourth-order valence-electron chi connectivity index (χ4n) is 2.48. The van der Waals surface area contributed by atoms with Gasteiger partial charge in [0, 0.05) is 7.11 Å². The lowest BCUT2D eigenvalue weighted by Crippen LogP contribution is -2.39. The molecule has 1 saturated heterocycles. The SMILES string of the molecule is COC1CCC2C(=O)OCC[C@H]2C1. The van der Waals surface area contributed by atoms with Gasteiger partial charge in [0.05, 0.1) is 18.6 Å². The van der Waals surface area contributed by atoms with Crippen LogP contribution < -0.4 is 0 Å². The summed E-state index contributed by atoms with van der Waals surface area (Å²) in [5, 5.41) is 0. The van der Waals surface area contributed by atoms with E-state index in [1.807, 2.05) is 0 Å². The summed E-state index contributed by atoms with van der Waals surface area (Å²) in [7, 11) is 1.76.